The largest absolute Gasteiger partial charge is 0.534 e. The second kappa shape index (κ2) is 7.54. The Morgan fingerprint density at radius 3 is 2.28 bits per heavy atom. The van der Waals surface area contributed by atoms with Gasteiger partial charge in [0.1, 0.15) is 11.3 Å². The first kappa shape index (κ1) is 20.9. The number of benzene rings is 1. The number of halogens is 3. The van der Waals surface area contributed by atoms with Crippen LogP contribution < -0.4 is 13.8 Å². The number of methoxy groups -OCH3 is 2. The summed E-state index contributed by atoms with van der Waals surface area (Å²) in [5, 5.41) is 0. The van der Waals surface area contributed by atoms with Gasteiger partial charge in [-0.3, -0.25) is 0 Å². The average molecular weight is 435 g/mol. The maximum absolute atomic E-state index is 12.8. The van der Waals surface area contributed by atoms with E-state index in [1.54, 1.807) is 4.90 Å². The third-order valence-corrected chi connectivity index (χ3v) is 5.16. The smallest absolute Gasteiger partial charge is 0.496 e. The topological polar surface area (TPSA) is 108 Å². The maximum Gasteiger partial charge on any atom is 0.534 e. The molecule has 1 aliphatic heterocycles. The van der Waals surface area contributed by atoms with E-state index in [9.17, 15) is 26.4 Å². The third-order valence-electron chi connectivity index (χ3n) is 4.22. The highest BCUT2D eigenvalue weighted by atomic mass is 32.2. The van der Waals surface area contributed by atoms with Gasteiger partial charge in [-0.1, -0.05) is 0 Å². The lowest BCUT2D eigenvalue weighted by atomic mass is 10.1. The molecule has 1 aromatic carbocycles. The van der Waals surface area contributed by atoms with Crippen molar-refractivity contribution in [3.63, 3.8) is 0 Å². The Balaban J connectivity index is 2.21. The Morgan fingerprint density at radius 1 is 1.10 bits per heavy atom. The van der Waals surface area contributed by atoms with E-state index >= 15 is 0 Å². The summed E-state index contributed by atoms with van der Waals surface area (Å²) < 4.78 is 75.5. The van der Waals surface area contributed by atoms with Gasteiger partial charge in [0.15, 0.2) is 5.82 Å². The average Bonchev–Trinajstić information content (AvgIpc) is 3.19. The van der Waals surface area contributed by atoms with Crippen molar-refractivity contribution >= 4 is 32.9 Å². The highest BCUT2D eigenvalue weighted by Crippen LogP contribution is 2.35. The SMILES string of the molecule is COC(=O)c1cc2nc(N3CCCC3)c(OS(=O)(=O)C(F)(F)F)nc2cc1OC. The van der Waals surface area contributed by atoms with E-state index in [-0.39, 0.29) is 28.2 Å². The molecule has 1 fully saturated rings. The first-order chi connectivity index (χ1) is 13.6. The quantitative estimate of drug-likeness (QED) is 0.397. The first-order valence-corrected chi connectivity index (χ1v) is 9.72. The number of anilines is 1. The number of fused-ring (bicyclic) bond motifs is 1. The molecule has 158 valence electrons. The van der Waals surface area contributed by atoms with Crippen molar-refractivity contribution in [1.82, 2.24) is 9.97 Å². The summed E-state index contributed by atoms with van der Waals surface area (Å²) >= 11 is 0. The van der Waals surface area contributed by atoms with Crippen LogP contribution in [0, 0.1) is 0 Å². The predicted molar refractivity (Wildman–Crippen MR) is 94.5 cm³/mol. The monoisotopic (exact) mass is 435 g/mol. The number of hydrogen-bond donors (Lipinski definition) is 0. The van der Waals surface area contributed by atoms with E-state index in [0.29, 0.717) is 13.1 Å². The molecule has 0 amide bonds. The van der Waals surface area contributed by atoms with E-state index in [1.165, 1.54) is 26.4 Å². The fourth-order valence-corrected chi connectivity index (χ4v) is 3.25. The van der Waals surface area contributed by atoms with Gasteiger partial charge in [0.2, 0.25) is 0 Å². The summed E-state index contributed by atoms with van der Waals surface area (Å²) in [5.41, 5.74) is -5.49. The van der Waals surface area contributed by atoms with Crippen LogP contribution in [-0.4, -0.2) is 57.2 Å². The molecule has 1 saturated heterocycles. The number of nitrogens with zero attached hydrogens (tertiary/aromatic N) is 3. The molecule has 0 spiro atoms. The van der Waals surface area contributed by atoms with E-state index in [4.69, 9.17) is 4.74 Å². The molecule has 29 heavy (non-hydrogen) atoms. The molecule has 0 radical (unpaired) electrons. The number of rotatable bonds is 5. The molecule has 1 aliphatic rings. The summed E-state index contributed by atoms with van der Waals surface area (Å²) in [6, 6.07) is 2.53. The molecule has 2 heterocycles. The predicted octanol–water partition coefficient (Wildman–Crippen LogP) is 2.25. The molecule has 3 rings (SSSR count). The zero-order chi connectivity index (χ0) is 21.4. The van der Waals surface area contributed by atoms with Crippen molar-refractivity contribution in [2.45, 2.75) is 18.3 Å². The van der Waals surface area contributed by atoms with E-state index < -0.39 is 27.5 Å². The van der Waals surface area contributed by atoms with Crippen molar-refractivity contribution in [2.24, 2.45) is 0 Å². The van der Waals surface area contributed by atoms with Crippen molar-refractivity contribution in [2.75, 3.05) is 32.2 Å². The minimum atomic E-state index is -5.95. The molecule has 9 nitrogen and oxygen atoms in total. The zero-order valence-corrected chi connectivity index (χ0v) is 16.1. The lowest BCUT2D eigenvalue weighted by Crippen LogP contribution is -2.30. The fraction of sp³-hybridized carbons (Fsp3) is 0.438. The number of carbonyl (C=O) groups excluding carboxylic acids is 1. The van der Waals surface area contributed by atoms with E-state index in [0.717, 1.165) is 12.8 Å². The van der Waals surface area contributed by atoms with Crippen LogP contribution in [0.3, 0.4) is 0 Å². The van der Waals surface area contributed by atoms with Crippen LogP contribution in [0.5, 0.6) is 11.6 Å². The van der Waals surface area contributed by atoms with Crippen molar-refractivity contribution < 1.29 is 40.0 Å². The Kier molecular flexibility index (Phi) is 5.43. The van der Waals surface area contributed by atoms with Crippen molar-refractivity contribution in [3.05, 3.63) is 17.7 Å². The molecule has 13 heteroatoms. The van der Waals surface area contributed by atoms with E-state index in [2.05, 4.69) is 18.9 Å². The standard InChI is InChI=1S/C16H16F3N3O6S/c1-26-12-8-11-10(7-9(12)15(23)27-2)20-13(22-5-3-4-6-22)14(21-11)28-29(24,25)16(17,18)19/h7-8H,3-6H2,1-2H3. The van der Waals surface area contributed by atoms with Gasteiger partial charge in [-0.05, 0) is 18.9 Å². The molecule has 0 atom stereocenters. The molecular weight excluding hydrogens is 419 g/mol. The number of esters is 1. The van der Waals surface area contributed by atoms with E-state index in [1.807, 2.05) is 0 Å². The maximum atomic E-state index is 12.8. The van der Waals surface area contributed by atoms with Crippen LogP contribution in [-0.2, 0) is 14.9 Å². The highest BCUT2D eigenvalue weighted by Gasteiger charge is 2.49. The summed E-state index contributed by atoms with van der Waals surface area (Å²) in [6.07, 6.45) is 1.47. The molecule has 0 aliphatic carbocycles. The second-order valence-corrected chi connectivity index (χ2v) is 7.60. The number of ether oxygens (including phenoxy) is 2. The van der Waals surface area contributed by atoms with Crippen molar-refractivity contribution in [3.8, 4) is 11.6 Å². The normalized spacial score (nSPS) is 14.9. The van der Waals surface area contributed by atoms with Gasteiger partial charge in [-0.15, -0.1) is 0 Å². The Bertz CT molecular complexity index is 1050. The van der Waals surface area contributed by atoms with Crippen LogP contribution in [0.4, 0.5) is 19.0 Å². The van der Waals surface area contributed by atoms with Crippen LogP contribution >= 0.6 is 0 Å². The molecule has 1 aromatic heterocycles. The van der Waals surface area contributed by atoms with Crippen LogP contribution in [0.1, 0.15) is 23.2 Å². The van der Waals surface area contributed by atoms with Gasteiger partial charge in [0.05, 0.1) is 25.3 Å². The fourth-order valence-electron chi connectivity index (χ4n) is 2.84. The number of aromatic nitrogens is 2. The minimum Gasteiger partial charge on any atom is -0.496 e. The first-order valence-electron chi connectivity index (χ1n) is 8.31. The van der Waals surface area contributed by atoms with Gasteiger partial charge < -0.3 is 18.6 Å². The lowest BCUT2D eigenvalue weighted by Gasteiger charge is -2.20. The van der Waals surface area contributed by atoms with Gasteiger partial charge in [-0.25, -0.2) is 14.8 Å². The van der Waals surface area contributed by atoms with Crippen molar-refractivity contribution in [1.29, 1.82) is 0 Å². The lowest BCUT2D eigenvalue weighted by molar-refractivity contribution is -0.0501. The Morgan fingerprint density at radius 2 is 1.72 bits per heavy atom. The molecule has 2 aromatic rings. The summed E-state index contributed by atoms with van der Waals surface area (Å²) in [7, 11) is -3.51. The van der Waals surface area contributed by atoms with Crippen LogP contribution in [0.25, 0.3) is 11.0 Å². The molecular formula is C16H16F3N3O6S. The summed E-state index contributed by atoms with van der Waals surface area (Å²) in [4.78, 5) is 21.7. The molecule has 0 saturated carbocycles. The van der Waals surface area contributed by atoms with Gasteiger partial charge in [0.25, 0.3) is 5.88 Å². The second-order valence-electron chi connectivity index (χ2n) is 6.06. The third kappa shape index (κ3) is 3.99. The molecule has 0 unspecified atom stereocenters. The van der Waals surface area contributed by atoms with Crippen LogP contribution in [0.2, 0.25) is 0 Å². The summed E-state index contributed by atoms with van der Waals surface area (Å²) in [6.45, 7) is 0.866. The van der Waals surface area contributed by atoms with Crippen LogP contribution in [0.15, 0.2) is 12.1 Å². The highest BCUT2D eigenvalue weighted by molar-refractivity contribution is 7.88. The van der Waals surface area contributed by atoms with Gasteiger partial charge >= 0.3 is 21.6 Å². The molecule has 0 bridgehead atoms. The van der Waals surface area contributed by atoms with Gasteiger partial charge in [-0.2, -0.15) is 21.6 Å². The summed E-state index contributed by atoms with van der Waals surface area (Å²) in [5.74, 6) is -1.65. The number of hydrogen-bond acceptors (Lipinski definition) is 9. The minimum absolute atomic E-state index is 0.0233. The zero-order valence-electron chi connectivity index (χ0n) is 15.3. The Labute approximate surface area is 163 Å². The molecule has 0 N–H and O–H groups in total. The van der Waals surface area contributed by atoms with Gasteiger partial charge in [0, 0.05) is 19.2 Å². The number of alkyl halides is 3. The number of carbonyl (C=O) groups is 1. The Hall–Kier alpha value is -2.83.